The van der Waals surface area contributed by atoms with Gasteiger partial charge in [-0.25, -0.2) is 0 Å². The van der Waals surface area contributed by atoms with Crippen molar-refractivity contribution in [3.63, 3.8) is 0 Å². The molecule has 2 aromatic heterocycles. The number of carbonyl (C=O) groups excluding carboxylic acids is 1. The largest absolute Gasteiger partial charge is 0.497 e. The number of amides is 1. The number of aryl methyl sites for hydroxylation is 2. The summed E-state index contributed by atoms with van der Waals surface area (Å²) < 4.78 is 17.5. The van der Waals surface area contributed by atoms with Crippen molar-refractivity contribution in [3.8, 4) is 5.75 Å². The molecular weight excluding hydrogens is 366 g/mol. The standard InChI is InChI=1S/C19H21N3O4S/c1-10-14-7-12(24-3)5-6-16(14)27-17(10)19(23)22-9-13(25-4)8-15(22)18-21-20-11(2)26-18/h5-7,13,15H,8-9H2,1-4H3/t13-,15-/m1/s1. The van der Waals surface area contributed by atoms with Crippen molar-refractivity contribution in [2.75, 3.05) is 20.8 Å². The van der Waals surface area contributed by atoms with E-state index in [2.05, 4.69) is 10.2 Å². The number of benzene rings is 1. The Labute approximate surface area is 160 Å². The lowest BCUT2D eigenvalue weighted by molar-refractivity contribution is 0.0678. The molecule has 1 aromatic carbocycles. The molecule has 2 atom stereocenters. The zero-order valence-electron chi connectivity index (χ0n) is 15.7. The number of fused-ring (bicyclic) bond motifs is 1. The van der Waals surface area contributed by atoms with E-state index >= 15 is 0 Å². The van der Waals surface area contributed by atoms with Crippen molar-refractivity contribution in [3.05, 3.63) is 40.4 Å². The predicted octanol–water partition coefficient (Wildman–Crippen LogP) is 3.51. The van der Waals surface area contributed by atoms with Crippen LogP contribution in [0.3, 0.4) is 0 Å². The molecule has 1 amide bonds. The number of aromatic nitrogens is 2. The van der Waals surface area contributed by atoms with Gasteiger partial charge >= 0.3 is 0 Å². The molecule has 0 aliphatic carbocycles. The Bertz CT molecular complexity index is 996. The molecule has 142 valence electrons. The Morgan fingerprint density at radius 3 is 2.78 bits per heavy atom. The number of likely N-dealkylation sites (tertiary alicyclic amines) is 1. The maximum atomic E-state index is 13.4. The van der Waals surface area contributed by atoms with Gasteiger partial charge in [-0.3, -0.25) is 4.79 Å². The van der Waals surface area contributed by atoms with Crippen LogP contribution in [0.5, 0.6) is 5.75 Å². The first-order valence-electron chi connectivity index (χ1n) is 8.72. The number of methoxy groups -OCH3 is 2. The van der Waals surface area contributed by atoms with Crippen molar-refractivity contribution >= 4 is 27.3 Å². The van der Waals surface area contributed by atoms with Gasteiger partial charge in [0.15, 0.2) is 0 Å². The van der Waals surface area contributed by atoms with Gasteiger partial charge in [-0.1, -0.05) is 0 Å². The minimum atomic E-state index is -0.275. The van der Waals surface area contributed by atoms with Crippen molar-refractivity contribution in [2.45, 2.75) is 32.4 Å². The third kappa shape index (κ3) is 3.08. The third-order valence-corrected chi connectivity index (χ3v) is 6.28. The van der Waals surface area contributed by atoms with Crippen LogP contribution in [-0.2, 0) is 4.74 Å². The van der Waals surface area contributed by atoms with Gasteiger partial charge in [-0.15, -0.1) is 21.5 Å². The summed E-state index contributed by atoms with van der Waals surface area (Å²) >= 11 is 1.50. The molecule has 3 heterocycles. The minimum Gasteiger partial charge on any atom is -0.497 e. The first-order valence-corrected chi connectivity index (χ1v) is 9.54. The number of hydrogen-bond acceptors (Lipinski definition) is 7. The molecule has 3 aromatic rings. The van der Waals surface area contributed by atoms with Crippen LogP contribution in [-0.4, -0.2) is 47.9 Å². The molecular formula is C19H21N3O4S. The maximum Gasteiger partial charge on any atom is 0.265 e. The Kier molecular flexibility index (Phi) is 4.61. The van der Waals surface area contributed by atoms with E-state index in [0.717, 1.165) is 26.3 Å². The molecule has 8 heteroatoms. The highest BCUT2D eigenvalue weighted by molar-refractivity contribution is 7.21. The van der Waals surface area contributed by atoms with Gasteiger partial charge < -0.3 is 18.8 Å². The van der Waals surface area contributed by atoms with E-state index in [4.69, 9.17) is 13.9 Å². The summed E-state index contributed by atoms with van der Waals surface area (Å²) in [5, 5.41) is 9.08. The maximum absolute atomic E-state index is 13.4. The third-order valence-electron chi connectivity index (χ3n) is 5.02. The van der Waals surface area contributed by atoms with E-state index in [9.17, 15) is 4.79 Å². The van der Waals surface area contributed by atoms with Crippen LogP contribution in [0.4, 0.5) is 0 Å². The molecule has 1 aliphatic heterocycles. The van der Waals surface area contributed by atoms with Gasteiger partial charge in [0.1, 0.15) is 11.8 Å². The monoisotopic (exact) mass is 387 g/mol. The summed E-state index contributed by atoms with van der Waals surface area (Å²) in [5.41, 5.74) is 0.959. The van der Waals surface area contributed by atoms with Gasteiger partial charge in [0.25, 0.3) is 5.91 Å². The first kappa shape index (κ1) is 17.9. The Hall–Kier alpha value is -2.45. The lowest BCUT2D eigenvalue weighted by atomic mass is 10.1. The minimum absolute atomic E-state index is 0.0342. The van der Waals surface area contributed by atoms with Crippen LogP contribution in [0.1, 0.15) is 39.5 Å². The van der Waals surface area contributed by atoms with Crippen LogP contribution in [0.25, 0.3) is 10.1 Å². The Balaban J connectivity index is 1.72. The summed E-state index contributed by atoms with van der Waals surface area (Å²) in [7, 11) is 3.30. The highest BCUT2D eigenvalue weighted by atomic mass is 32.1. The first-order chi connectivity index (χ1) is 13.0. The number of carbonyl (C=O) groups is 1. The van der Waals surface area contributed by atoms with Crippen molar-refractivity contribution in [1.29, 1.82) is 0 Å². The van der Waals surface area contributed by atoms with Gasteiger partial charge in [-0.2, -0.15) is 0 Å². The molecule has 7 nitrogen and oxygen atoms in total. The highest BCUT2D eigenvalue weighted by Crippen LogP contribution is 2.38. The summed E-state index contributed by atoms with van der Waals surface area (Å²) in [6, 6.07) is 5.60. The summed E-state index contributed by atoms with van der Waals surface area (Å²) in [5.74, 6) is 1.69. The quantitative estimate of drug-likeness (QED) is 0.682. The molecule has 1 saturated heterocycles. The molecule has 4 rings (SSSR count). The molecule has 0 spiro atoms. The average Bonchev–Trinajstić information content (AvgIpc) is 3.38. The number of ether oxygens (including phenoxy) is 2. The molecule has 27 heavy (non-hydrogen) atoms. The van der Waals surface area contributed by atoms with E-state index in [1.807, 2.05) is 25.1 Å². The molecule has 0 bridgehead atoms. The van der Waals surface area contributed by atoms with Crippen molar-refractivity contribution < 1.29 is 18.7 Å². The van der Waals surface area contributed by atoms with E-state index in [0.29, 0.717) is 24.7 Å². The smallest absolute Gasteiger partial charge is 0.265 e. The molecule has 0 N–H and O–H groups in total. The van der Waals surface area contributed by atoms with Gasteiger partial charge in [-0.05, 0) is 36.1 Å². The normalized spacial score (nSPS) is 19.8. The fourth-order valence-electron chi connectivity index (χ4n) is 3.53. The fraction of sp³-hybridized carbons (Fsp3) is 0.421. The highest BCUT2D eigenvalue weighted by Gasteiger charge is 2.40. The summed E-state index contributed by atoms with van der Waals surface area (Å²) in [4.78, 5) is 15.9. The second-order valence-corrected chi connectivity index (χ2v) is 7.70. The lowest BCUT2D eigenvalue weighted by Gasteiger charge is -2.21. The van der Waals surface area contributed by atoms with E-state index in [-0.39, 0.29) is 18.1 Å². The van der Waals surface area contributed by atoms with Crippen LogP contribution in [0, 0.1) is 13.8 Å². The van der Waals surface area contributed by atoms with E-state index in [1.165, 1.54) is 11.3 Å². The molecule has 0 saturated carbocycles. The average molecular weight is 387 g/mol. The molecule has 1 fully saturated rings. The Morgan fingerprint density at radius 1 is 1.30 bits per heavy atom. The SMILES string of the molecule is COc1ccc2sc(C(=O)N3C[C@H](OC)C[C@@H]3c3nnc(C)o3)c(C)c2c1. The molecule has 1 aliphatic rings. The van der Waals surface area contributed by atoms with Gasteiger partial charge in [0.05, 0.1) is 18.1 Å². The summed E-state index contributed by atoms with van der Waals surface area (Å²) in [6.45, 7) is 4.22. The fourth-order valence-corrected chi connectivity index (χ4v) is 4.68. The van der Waals surface area contributed by atoms with Gasteiger partial charge in [0.2, 0.25) is 11.8 Å². The number of nitrogens with zero attached hydrogens (tertiary/aromatic N) is 3. The van der Waals surface area contributed by atoms with E-state index in [1.54, 1.807) is 26.0 Å². The van der Waals surface area contributed by atoms with Crippen LogP contribution >= 0.6 is 11.3 Å². The number of hydrogen-bond donors (Lipinski definition) is 0. The second-order valence-electron chi connectivity index (χ2n) is 6.64. The second kappa shape index (κ2) is 6.94. The topological polar surface area (TPSA) is 77.7 Å². The van der Waals surface area contributed by atoms with Crippen LogP contribution in [0.15, 0.2) is 22.6 Å². The molecule has 0 radical (unpaired) electrons. The number of thiophene rings is 1. The zero-order valence-corrected chi connectivity index (χ0v) is 16.5. The van der Waals surface area contributed by atoms with Gasteiger partial charge in [0, 0.05) is 31.7 Å². The van der Waals surface area contributed by atoms with Crippen LogP contribution in [0.2, 0.25) is 0 Å². The lowest BCUT2D eigenvalue weighted by Crippen LogP contribution is -2.32. The predicted molar refractivity (Wildman–Crippen MR) is 101 cm³/mol. The number of rotatable bonds is 4. The zero-order chi connectivity index (χ0) is 19.1. The van der Waals surface area contributed by atoms with Crippen molar-refractivity contribution in [1.82, 2.24) is 15.1 Å². The summed E-state index contributed by atoms with van der Waals surface area (Å²) in [6.07, 6.45) is 0.586. The van der Waals surface area contributed by atoms with Crippen molar-refractivity contribution in [2.24, 2.45) is 0 Å². The Morgan fingerprint density at radius 2 is 2.11 bits per heavy atom. The van der Waals surface area contributed by atoms with E-state index < -0.39 is 0 Å². The van der Waals surface area contributed by atoms with Crippen LogP contribution < -0.4 is 4.74 Å². The molecule has 0 unspecified atom stereocenters.